The Balaban J connectivity index is 3.77. The van der Waals surface area contributed by atoms with E-state index in [-0.39, 0.29) is 17.4 Å². The van der Waals surface area contributed by atoms with E-state index in [1.54, 1.807) is 7.11 Å². The lowest BCUT2D eigenvalue weighted by molar-refractivity contribution is -0.122. The van der Waals surface area contributed by atoms with Gasteiger partial charge in [0.1, 0.15) is 0 Å². The van der Waals surface area contributed by atoms with Crippen molar-refractivity contribution in [3.05, 3.63) is 0 Å². The average Bonchev–Trinajstić information content (AvgIpc) is 2.11. The smallest absolute Gasteiger partial charge is 0.220 e. The third-order valence-corrected chi connectivity index (χ3v) is 2.46. The number of amides is 1. The zero-order chi connectivity index (χ0) is 11.9. The van der Waals surface area contributed by atoms with Crippen LogP contribution in [0.4, 0.5) is 0 Å². The Morgan fingerprint density at radius 3 is 2.40 bits per heavy atom. The maximum absolute atomic E-state index is 11.4. The van der Waals surface area contributed by atoms with Gasteiger partial charge < -0.3 is 10.1 Å². The molecule has 1 amide bonds. The first-order valence-corrected chi connectivity index (χ1v) is 5.66. The zero-order valence-corrected chi connectivity index (χ0v) is 10.7. The summed E-state index contributed by atoms with van der Waals surface area (Å²) in [5.74, 6) is 0.149. The van der Waals surface area contributed by atoms with Crippen molar-refractivity contribution in [2.45, 2.75) is 53.0 Å². The zero-order valence-electron chi connectivity index (χ0n) is 10.7. The van der Waals surface area contributed by atoms with E-state index in [1.807, 2.05) is 13.8 Å². The molecule has 0 saturated carbocycles. The third kappa shape index (κ3) is 8.43. The summed E-state index contributed by atoms with van der Waals surface area (Å²) >= 11 is 0. The predicted octanol–water partition coefficient (Wildman–Crippen LogP) is 2.35. The molecule has 0 unspecified atom stereocenters. The van der Waals surface area contributed by atoms with Gasteiger partial charge in [-0.2, -0.15) is 0 Å². The summed E-state index contributed by atoms with van der Waals surface area (Å²) in [6, 6.07) is 0.236. The van der Waals surface area contributed by atoms with Crippen LogP contribution in [-0.2, 0) is 9.53 Å². The number of methoxy groups -OCH3 is 1. The predicted molar refractivity (Wildman–Crippen MR) is 62.8 cm³/mol. The normalized spacial score (nSPS) is 11.9. The molecule has 0 aliphatic carbocycles. The molecule has 0 bridgehead atoms. The first-order chi connectivity index (χ1) is 6.87. The molecule has 90 valence electrons. The fraction of sp³-hybridized carbons (Fsp3) is 0.917. The van der Waals surface area contributed by atoms with Gasteiger partial charge in [-0.3, -0.25) is 4.79 Å². The van der Waals surface area contributed by atoms with Crippen molar-refractivity contribution in [2.75, 3.05) is 13.7 Å². The molecule has 0 aliphatic rings. The lowest BCUT2D eigenvalue weighted by Gasteiger charge is -2.24. The van der Waals surface area contributed by atoms with E-state index in [9.17, 15) is 4.79 Å². The average molecular weight is 215 g/mol. The van der Waals surface area contributed by atoms with E-state index >= 15 is 0 Å². The number of carbonyl (C=O) groups excluding carboxylic acids is 1. The highest BCUT2D eigenvalue weighted by molar-refractivity contribution is 5.76. The Hall–Kier alpha value is -0.570. The molecular formula is C12H25NO2. The van der Waals surface area contributed by atoms with Crippen LogP contribution in [0.5, 0.6) is 0 Å². The maximum atomic E-state index is 11.4. The van der Waals surface area contributed by atoms with Crippen LogP contribution in [0.2, 0.25) is 0 Å². The van der Waals surface area contributed by atoms with Crippen LogP contribution < -0.4 is 5.32 Å². The second-order valence-corrected chi connectivity index (χ2v) is 5.13. The summed E-state index contributed by atoms with van der Waals surface area (Å²) in [5.41, 5.74) is 0.185. The fourth-order valence-corrected chi connectivity index (χ4v) is 1.35. The lowest BCUT2D eigenvalue weighted by atomic mass is 9.84. The van der Waals surface area contributed by atoms with Crippen molar-refractivity contribution >= 4 is 5.91 Å². The topological polar surface area (TPSA) is 38.3 Å². The highest BCUT2D eigenvalue weighted by Gasteiger charge is 2.18. The van der Waals surface area contributed by atoms with Crippen LogP contribution in [0.1, 0.15) is 47.0 Å². The van der Waals surface area contributed by atoms with Crippen molar-refractivity contribution in [3.63, 3.8) is 0 Å². The summed E-state index contributed by atoms with van der Waals surface area (Å²) in [6.07, 6.45) is 2.52. The molecule has 0 atom stereocenters. The first-order valence-electron chi connectivity index (χ1n) is 5.66. The molecular weight excluding hydrogens is 190 g/mol. The first kappa shape index (κ1) is 14.4. The number of nitrogens with one attached hydrogen (secondary N) is 1. The molecule has 0 radical (unpaired) electrons. The van der Waals surface area contributed by atoms with Crippen LogP contribution >= 0.6 is 0 Å². The summed E-state index contributed by atoms with van der Waals surface area (Å²) in [4.78, 5) is 11.4. The molecule has 3 heteroatoms. The van der Waals surface area contributed by atoms with E-state index in [2.05, 4.69) is 19.2 Å². The molecule has 15 heavy (non-hydrogen) atoms. The minimum Gasteiger partial charge on any atom is -0.385 e. The fourth-order valence-electron chi connectivity index (χ4n) is 1.35. The molecule has 0 aromatic carbocycles. The Bertz CT molecular complexity index is 188. The van der Waals surface area contributed by atoms with Crippen molar-refractivity contribution in [2.24, 2.45) is 5.41 Å². The van der Waals surface area contributed by atoms with Gasteiger partial charge in [-0.15, -0.1) is 0 Å². The minimum atomic E-state index is 0.149. The van der Waals surface area contributed by atoms with E-state index < -0.39 is 0 Å². The Morgan fingerprint density at radius 2 is 1.93 bits per heavy atom. The van der Waals surface area contributed by atoms with Crippen molar-refractivity contribution in [3.8, 4) is 0 Å². The van der Waals surface area contributed by atoms with Crippen molar-refractivity contribution < 1.29 is 9.53 Å². The largest absolute Gasteiger partial charge is 0.385 e. The van der Waals surface area contributed by atoms with Gasteiger partial charge in [-0.1, -0.05) is 13.8 Å². The molecule has 0 saturated heterocycles. The Kier molecular flexibility index (Phi) is 6.57. The Labute approximate surface area is 93.6 Å². The van der Waals surface area contributed by atoms with E-state index in [1.165, 1.54) is 0 Å². The quantitative estimate of drug-likeness (QED) is 0.708. The molecule has 0 fully saturated rings. The van der Waals surface area contributed by atoms with E-state index in [4.69, 9.17) is 4.74 Å². The van der Waals surface area contributed by atoms with E-state index in [0.717, 1.165) is 19.4 Å². The number of hydrogen-bond acceptors (Lipinski definition) is 2. The SMILES string of the molecule is COCCC(C)(C)CCC(=O)NC(C)C. The standard InChI is InChI=1S/C12H25NO2/c1-10(2)13-11(14)6-7-12(3,4)8-9-15-5/h10H,6-9H2,1-5H3,(H,13,14). The number of ether oxygens (including phenoxy) is 1. The Morgan fingerprint density at radius 1 is 1.33 bits per heavy atom. The second kappa shape index (κ2) is 6.83. The number of carbonyl (C=O) groups is 1. The summed E-state index contributed by atoms with van der Waals surface area (Å²) in [6.45, 7) is 9.07. The summed E-state index contributed by atoms with van der Waals surface area (Å²) < 4.78 is 5.05. The third-order valence-electron chi connectivity index (χ3n) is 2.46. The molecule has 3 nitrogen and oxygen atoms in total. The number of rotatable bonds is 7. The number of hydrogen-bond donors (Lipinski definition) is 1. The summed E-state index contributed by atoms with van der Waals surface area (Å²) in [5, 5.41) is 2.90. The van der Waals surface area contributed by atoms with Gasteiger partial charge in [-0.05, 0) is 32.1 Å². The van der Waals surface area contributed by atoms with Gasteiger partial charge in [0.05, 0.1) is 0 Å². The molecule has 1 N–H and O–H groups in total. The molecule has 0 rings (SSSR count). The van der Waals surface area contributed by atoms with Crippen LogP contribution in [0.3, 0.4) is 0 Å². The van der Waals surface area contributed by atoms with Gasteiger partial charge in [0, 0.05) is 26.2 Å². The van der Waals surface area contributed by atoms with Gasteiger partial charge in [-0.25, -0.2) is 0 Å². The van der Waals surface area contributed by atoms with Crippen molar-refractivity contribution in [1.82, 2.24) is 5.32 Å². The highest BCUT2D eigenvalue weighted by atomic mass is 16.5. The monoisotopic (exact) mass is 215 g/mol. The lowest BCUT2D eigenvalue weighted by Crippen LogP contribution is -2.31. The van der Waals surface area contributed by atoms with Crippen LogP contribution in [0.25, 0.3) is 0 Å². The van der Waals surface area contributed by atoms with Crippen LogP contribution in [0.15, 0.2) is 0 Å². The van der Waals surface area contributed by atoms with E-state index in [0.29, 0.717) is 6.42 Å². The molecule has 0 spiro atoms. The van der Waals surface area contributed by atoms with Gasteiger partial charge in [0.2, 0.25) is 5.91 Å². The molecule has 0 aromatic heterocycles. The highest BCUT2D eigenvalue weighted by Crippen LogP contribution is 2.26. The van der Waals surface area contributed by atoms with Crippen LogP contribution in [-0.4, -0.2) is 25.7 Å². The van der Waals surface area contributed by atoms with Crippen molar-refractivity contribution in [1.29, 1.82) is 0 Å². The molecule has 0 heterocycles. The molecule has 0 aliphatic heterocycles. The minimum absolute atomic E-state index is 0.149. The second-order valence-electron chi connectivity index (χ2n) is 5.13. The maximum Gasteiger partial charge on any atom is 0.220 e. The van der Waals surface area contributed by atoms with Gasteiger partial charge >= 0.3 is 0 Å². The van der Waals surface area contributed by atoms with Crippen LogP contribution in [0, 0.1) is 5.41 Å². The molecule has 0 aromatic rings. The van der Waals surface area contributed by atoms with Gasteiger partial charge in [0.15, 0.2) is 0 Å². The van der Waals surface area contributed by atoms with Gasteiger partial charge in [0.25, 0.3) is 0 Å². The summed E-state index contributed by atoms with van der Waals surface area (Å²) in [7, 11) is 1.71.